The first kappa shape index (κ1) is 28.7. The average molecular weight is 604 g/mol. The van der Waals surface area contributed by atoms with E-state index >= 15 is 8.78 Å². The smallest absolute Gasteiger partial charge is 0.303 e. The Hall–Kier alpha value is -5.45. The minimum Gasteiger partial charge on any atom is -0.481 e. The number of aromatic nitrogens is 3. The van der Waals surface area contributed by atoms with Gasteiger partial charge in [-0.1, -0.05) is 12.1 Å². The number of anilines is 1. The number of nitrogens with zero attached hydrogens (tertiary/aromatic N) is 6. The minimum absolute atomic E-state index is 0.0458. The molecule has 0 saturated carbocycles. The first-order valence-corrected chi connectivity index (χ1v) is 13.6. The van der Waals surface area contributed by atoms with Gasteiger partial charge in [-0.05, 0) is 41.8 Å². The van der Waals surface area contributed by atoms with E-state index in [0.717, 1.165) is 6.07 Å². The number of halogens is 3. The SMILES string of the molecule is N#Cc1ccc(-c2c(F)c(N3CC(F)C3)nc3c2cnn3Cc2ccc3c(c2)CN([C@@H](CCC(=O)O)C(N)=O)C3=O)c(F)c1. The number of fused-ring (bicyclic) bond motifs is 2. The maximum atomic E-state index is 15.9. The highest BCUT2D eigenvalue weighted by Gasteiger charge is 2.36. The Morgan fingerprint density at radius 3 is 2.57 bits per heavy atom. The fourth-order valence-electron chi connectivity index (χ4n) is 5.66. The molecule has 2 aliphatic heterocycles. The molecular weight excluding hydrogens is 579 g/mol. The second-order valence-corrected chi connectivity index (χ2v) is 10.7. The number of aliphatic carboxylic acids is 1. The predicted molar refractivity (Wildman–Crippen MR) is 150 cm³/mol. The lowest BCUT2D eigenvalue weighted by atomic mass is 10.00. The summed E-state index contributed by atoms with van der Waals surface area (Å²) in [6.45, 7) is 0.00639. The van der Waals surface area contributed by atoms with Crippen LogP contribution in [0.3, 0.4) is 0 Å². The van der Waals surface area contributed by atoms with Gasteiger partial charge >= 0.3 is 5.97 Å². The molecule has 1 fully saturated rings. The molecule has 0 unspecified atom stereocenters. The number of carbonyl (C=O) groups excluding carboxylic acids is 2. The van der Waals surface area contributed by atoms with Crippen LogP contribution >= 0.6 is 0 Å². The fourth-order valence-corrected chi connectivity index (χ4v) is 5.66. The van der Waals surface area contributed by atoms with E-state index in [4.69, 9.17) is 16.1 Å². The van der Waals surface area contributed by atoms with Gasteiger partial charge in [0.15, 0.2) is 17.3 Å². The third-order valence-corrected chi connectivity index (χ3v) is 7.88. The summed E-state index contributed by atoms with van der Waals surface area (Å²) in [6.07, 6.45) is -0.254. The van der Waals surface area contributed by atoms with Crippen LogP contribution in [0.25, 0.3) is 22.2 Å². The standard InChI is InChI=1S/C30H24F3N7O4/c31-18-13-38(14-18)29-26(33)25(20-4-1-15(9-34)8-22(20)32)21-10-36-40(28(21)37-29)11-16-2-3-19-17(7-16)12-39(30(19)44)23(27(35)43)5-6-24(41)42/h1-4,7-8,10,18,23H,5-6,11-14H2,(H2,35,43)(H,41,42)/t23-/m0/s1. The third kappa shape index (κ3) is 4.96. The maximum absolute atomic E-state index is 15.9. The number of benzene rings is 2. The van der Waals surface area contributed by atoms with E-state index < -0.39 is 41.6 Å². The first-order chi connectivity index (χ1) is 21.0. The zero-order valence-corrected chi connectivity index (χ0v) is 23.0. The highest BCUT2D eigenvalue weighted by molar-refractivity contribution is 6.01. The number of alkyl halides is 1. The molecule has 6 rings (SSSR count). The zero-order chi connectivity index (χ0) is 31.3. The van der Waals surface area contributed by atoms with Crippen LogP contribution in [0.1, 0.15) is 39.9 Å². The Balaban J connectivity index is 1.36. The van der Waals surface area contributed by atoms with Gasteiger partial charge in [0.1, 0.15) is 18.0 Å². The topological polar surface area (TPSA) is 158 Å². The van der Waals surface area contributed by atoms with Crippen LogP contribution < -0.4 is 10.6 Å². The number of amides is 2. The number of rotatable bonds is 9. The molecule has 2 aliphatic rings. The molecular formula is C30H24F3N7O4. The quantitative estimate of drug-likeness (QED) is 0.295. The lowest BCUT2D eigenvalue weighted by Gasteiger charge is -2.35. The van der Waals surface area contributed by atoms with Crippen molar-refractivity contribution in [3.63, 3.8) is 0 Å². The van der Waals surface area contributed by atoms with Crippen LogP contribution in [-0.2, 0) is 22.7 Å². The Bertz CT molecular complexity index is 1900. The summed E-state index contributed by atoms with van der Waals surface area (Å²) in [5.41, 5.74) is 7.16. The van der Waals surface area contributed by atoms with E-state index in [-0.39, 0.29) is 72.6 Å². The van der Waals surface area contributed by atoms with Crippen LogP contribution in [0.2, 0.25) is 0 Å². The molecule has 1 atom stereocenters. The molecule has 4 aromatic rings. The van der Waals surface area contributed by atoms with Crippen molar-refractivity contribution in [2.24, 2.45) is 5.73 Å². The van der Waals surface area contributed by atoms with Crippen molar-refractivity contribution in [3.8, 4) is 17.2 Å². The van der Waals surface area contributed by atoms with E-state index in [1.54, 1.807) is 18.2 Å². The van der Waals surface area contributed by atoms with Crippen molar-refractivity contribution in [2.45, 2.75) is 38.1 Å². The Labute approximate surface area is 247 Å². The first-order valence-electron chi connectivity index (χ1n) is 13.6. The molecule has 3 N–H and O–H groups in total. The van der Waals surface area contributed by atoms with Gasteiger partial charge in [-0.2, -0.15) is 10.4 Å². The van der Waals surface area contributed by atoms with Crippen molar-refractivity contribution < 1.29 is 32.7 Å². The number of carbonyl (C=O) groups is 3. The summed E-state index contributed by atoms with van der Waals surface area (Å²) < 4.78 is 46.3. The zero-order valence-electron chi connectivity index (χ0n) is 23.0. The Morgan fingerprint density at radius 1 is 1.16 bits per heavy atom. The van der Waals surface area contributed by atoms with E-state index in [1.165, 1.54) is 32.8 Å². The number of pyridine rings is 1. The minimum atomic E-state index is -1.15. The third-order valence-electron chi connectivity index (χ3n) is 7.88. The monoisotopic (exact) mass is 603 g/mol. The lowest BCUT2D eigenvalue weighted by molar-refractivity contribution is -0.137. The van der Waals surface area contributed by atoms with Gasteiger partial charge in [0.05, 0.1) is 42.9 Å². The lowest BCUT2D eigenvalue weighted by Crippen LogP contribution is -2.49. The molecule has 11 nitrogen and oxygen atoms in total. The molecule has 1 saturated heterocycles. The van der Waals surface area contributed by atoms with E-state index in [0.29, 0.717) is 16.7 Å². The van der Waals surface area contributed by atoms with E-state index in [9.17, 15) is 18.8 Å². The Kier molecular flexibility index (Phi) is 7.16. The number of carboxylic acids is 1. The summed E-state index contributed by atoms with van der Waals surface area (Å²) >= 11 is 0. The summed E-state index contributed by atoms with van der Waals surface area (Å²) in [5, 5.41) is 22.8. The summed E-state index contributed by atoms with van der Waals surface area (Å²) in [7, 11) is 0. The van der Waals surface area contributed by atoms with E-state index in [1.807, 2.05) is 6.07 Å². The Morgan fingerprint density at radius 2 is 1.91 bits per heavy atom. The normalized spacial score (nSPS) is 15.3. The van der Waals surface area contributed by atoms with Crippen molar-refractivity contribution in [2.75, 3.05) is 18.0 Å². The summed E-state index contributed by atoms with van der Waals surface area (Å²) in [4.78, 5) is 43.3. The van der Waals surface area contributed by atoms with Crippen molar-refractivity contribution >= 4 is 34.6 Å². The summed E-state index contributed by atoms with van der Waals surface area (Å²) in [6, 6.07) is 9.45. The molecule has 0 radical (unpaired) electrons. The molecule has 2 aromatic heterocycles. The second kappa shape index (κ2) is 11.0. The van der Waals surface area contributed by atoms with Crippen LogP contribution in [0.4, 0.5) is 19.0 Å². The van der Waals surface area contributed by atoms with Gasteiger partial charge in [-0.3, -0.25) is 14.4 Å². The highest BCUT2D eigenvalue weighted by atomic mass is 19.1. The van der Waals surface area contributed by atoms with Crippen LogP contribution in [0, 0.1) is 23.0 Å². The molecule has 0 bridgehead atoms. The highest BCUT2D eigenvalue weighted by Crippen LogP contribution is 2.38. The number of primary amides is 1. The number of hydrogen-bond donors (Lipinski definition) is 2. The number of carboxylic acid groups (broad SMARTS) is 1. The fraction of sp³-hybridized carbons (Fsp3) is 0.267. The van der Waals surface area contributed by atoms with Gasteiger partial charge in [-0.25, -0.2) is 22.8 Å². The molecule has 0 aliphatic carbocycles. The van der Waals surface area contributed by atoms with Gasteiger partial charge < -0.3 is 20.6 Å². The van der Waals surface area contributed by atoms with Crippen LogP contribution in [0.5, 0.6) is 0 Å². The molecule has 0 spiro atoms. The van der Waals surface area contributed by atoms with Crippen LogP contribution in [0.15, 0.2) is 42.6 Å². The largest absolute Gasteiger partial charge is 0.481 e. The molecule has 14 heteroatoms. The predicted octanol–water partition coefficient (Wildman–Crippen LogP) is 3.13. The molecule has 224 valence electrons. The second-order valence-electron chi connectivity index (χ2n) is 10.7. The van der Waals surface area contributed by atoms with Crippen LogP contribution in [-0.4, -0.2) is 67.9 Å². The molecule has 2 amide bonds. The number of nitriles is 1. The average Bonchev–Trinajstić information content (AvgIpc) is 3.51. The molecule has 2 aromatic carbocycles. The molecule has 44 heavy (non-hydrogen) atoms. The maximum Gasteiger partial charge on any atom is 0.303 e. The van der Waals surface area contributed by atoms with Crippen molar-refractivity contribution in [1.29, 1.82) is 5.26 Å². The van der Waals surface area contributed by atoms with Gasteiger partial charge in [0, 0.05) is 29.7 Å². The number of hydrogen-bond acceptors (Lipinski definition) is 7. The summed E-state index contributed by atoms with van der Waals surface area (Å²) in [5.74, 6) is -4.17. The van der Waals surface area contributed by atoms with E-state index in [2.05, 4.69) is 10.1 Å². The van der Waals surface area contributed by atoms with Gasteiger partial charge in [0.25, 0.3) is 5.91 Å². The van der Waals surface area contributed by atoms with Gasteiger partial charge in [-0.15, -0.1) is 0 Å². The van der Waals surface area contributed by atoms with Crippen molar-refractivity contribution in [3.05, 3.63) is 76.5 Å². The molecule has 4 heterocycles. The van der Waals surface area contributed by atoms with Crippen molar-refractivity contribution in [1.82, 2.24) is 19.7 Å². The van der Waals surface area contributed by atoms with Gasteiger partial charge in [0.2, 0.25) is 5.91 Å². The number of nitrogens with two attached hydrogens (primary N) is 1.